The number of hydrogen-bond acceptors (Lipinski definition) is 5. The molecule has 0 radical (unpaired) electrons. The smallest absolute Gasteiger partial charge is 0.255 e. The van der Waals surface area contributed by atoms with Crippen molar-refractivity contribution in [3.8, 4) is 11.5 Å². The molecule has 1 aliphatic heterocycles. The van der Waals surface area contributed by atoms with Gasteiger partial charge in [0.1, 0.15) is 23.1 Å². The number of rotatable bonds is 5. The Kier molecular flexibility index (Phi) is 4.43. The summed E-state index contributed by atoms with van der Waals surface area (Å²) in [6.07, 6.45) is 0.969. The highest BCUT2D eigenvalue weighted by atomic mass is 16.5. The van der Waals surface area contributed by atoms with Crippen LogP contribution in [0.3, 0.4) is 0 Å². The summed E-state index contributed by atoms with van der Waals surface area (Å²) in [5.74, 6) is 1.22. The fraction of sp³-hybridized carbons (Fsp3) is 0.350. The quantitative estimate of drug-likeness (QED) is 0.748. The first-order chi connectivity index (χ1) is 13.1. The monoisotopic (exact) mass is 366 g/mol. The third-order valence-electron chi connectivity index (χ3n) is 4.62. The number of hydrogen-bond donors (Lipinski definition) is 1. The van der Waals surface area contributed by atoms with E-state index in [0.717, 1.165) is 29.8 Å². The number of nitrogens with one attached hydrogen (secondary N) is 1. The van der Waals surface area contributed by atoms with E-state index in [4.69, 9.17) is 9.47 Å². The Hall–Kier alpha value is -3.09. The number of ether oxygens (including phenoxy) is 2. The molecule has 2 aromatic carbocycles. The minimum absolute atomic E-state index is 0.129. The molecule has 1 atom stereocenters. The Morgan fingerprint density at radius 2 is 2.19 bits per heavy atom. The van der Waals surface area contributed by atoms with Gasteiger partial charge >= 0.3 is 0 Å². The van der Waals surface area contributed by atoms with Crippen LogP contribution in [0.5, 0.6) is 11.5 Å². The van der Waals surface area contributed by atoms with Crippen LogP contribution in [0.4, 0.5) is 5.69 Å². The molecule has 7 heteroatoms. The molecule has 0 aliphatic carbocycles. The van der Waals surface area contributed by atoms with Gasteiger partial charge in [-0.25, -0.2) is 4.68 Å². The van der Waals surface area contributed by atoms with Crippen molar-refractivity contribution in [2.75, 3.05) is 11.9 Å². The average molecular weight is 366 g/mol. The molecular weight excluding hydrogens is 344 g/mol. The number of amides is 1. The van der Waals surface area contributed by atoms with Gasteiger partial charge < -0.3 is 14.8 Å². The third kappa shape index (κ3) is 3.20. The van der Waals surface area contributed by atoms with Gasteiger partial charge in [0.15, 0.2) is 0 Å². The van der Waals surface area contributed by atoms with Crippen LogP contribution in [0.15, 0.2) is 30.3 Å². The molecule has 0 fully saturated rings. The highest BCUT2D eigenvalue weighted by Crippen LogP contribution is 2.38. The Morgan fingerprint density at radius 3 is 2.96 bits per heavy atom. The third-order valence-corrected chi connectivity index (χ3v) is 4.62. The minimum Gasteiger partial charge on any atom is -0.492 e. The van der Waals surface area contributed by atoms with Gasteiger partial charge in [-0.05, 0) is 45.0 Å². The summed E-state index contributed by atoms with van der Waals surface area (Å²) in [7, 11) is 0. The van der Waals surface area contributed by atoms with Gasteiger partial charge in [0, 0.05) is 30.2 Å². The first kappa shape index (κ1) is 17.3. The number of aromatic nitrogens is 3. The molecule has 1 unspecified atom stereocenters. The summed E-state index contributed by atoms with van der Waals surface area (Å²) in [6.45, 7) is 7.19. The fourth-order valence-electron chi connectivity index (χ4n) is 3.35. The summed E-state index contributed by atoms with van der Waals surface area (Å²) in [5, 5.41) is 11.2. The second kappa shape index (κ2) is 6.90. The lowest BCUT2D eigenvalue weighted by Gasteiger charge is -2.13. The largest absolute Gasteiger partial charge is 0.492 e. The van der Waals surface area contributed by atoms with E-state index in [-0.39, 0.29) is 12.0 Å². The molecule has 0 spiro atoms. The SMILES string of the molecule is CCOc1cc2c(cc1NC(=O)c1ccc3c(c1)nnn3CC)OC(C)C2. The molecular formula is C20H22N4O3. The van der Waals surface area contributed by atoms with Crippen molar-refractivity contribution in [3.63, 3.8) is 0 Å². The van der Waals surface area contributed by atoms with Crippen molar-refractivity contribution in [2.24, 2.45) is 0 Å². The summed E-state index contributed by atoms with van der Waals surface area (Å²) in [6, 6.07) is 9.18. The zero-order valence-corrected chi connectivity index (χ0v) is 15.7. The maximum atomic E-state index is 12.8. The molecule has 0 bridgehead atoms. The van der Waals surface area contributed by atoms with Crippen molar-refractivity contribution in [1.29, 1.82) is 0 Å². The summed E-state index contributed by atoms with van der Waals surface area (Å²) < 4.78 is 13.3. The topological polar surface area (TPSA) is 78.3 Å². The number of nitrogens with zero attached hydrogens (tertiary/aromatic N) is 3. The van der Waals surface area contributed by atoms with E-state index < -0.39 is 0 Å². The van der Waals surface area contributed by atoms with Crippen molar-refractivity contribution < 1.29 is 14.3 Å². The van der Waals surface area contributed by atoms with Gasteiger partial charge in [-0.15, -0.1) is 5.10 Å². The van der Waals surface area contributed by atoms with Crippen molar-refractivity contribution in [1.82, 2.24) is 15.0 Å². The van der Waals surface area contributed by atoms with E-state index >= 15 is 0 Å². The number of anilines is 1. The van der Waals surface area contributed by atoms with Gasteiger partial charge in [-0.2, -0.15) is 0 Å². The lowest BCUT2D eigenvalue weighted by molar-refractivity contribution is 0.102. The molecule has 3 aromatic rings. The molecule has 0 saturated heterocycles. The summed E-state index contributed by atoms with van der Waals surface area (Å²) in [5.41, 5.74) is 3.82. The van der Waals surface area contributed by atoms with Crippen LogP contribution in [0, 0.1) is 0 Å². The normalized spacial score (nSPS) is 15.4. The van der Waals surface area contributed by atoms with E-state index in [2.05, 4.69) is 15.6 Å². The van der Waals surface area contributed by atoms with Crippen molar-refractivity contribution >= 4 is 22.6 Å². The van der Waals surface area contributed by atoms with Crippen LogP contribution in [0.1, 0.15) is 36.7 Å². The lowest BCUT2D eigenvalue weighted by atomic mass is 10.1. The summed E-state index contributed by atoms with van der Waals surface area (Å²) in [4.78, 5) is 12.8. The second-order valence-electron chi connectivity index (χ2n) is 6.58. The number of benzene rings is 2. The lowest BCUT2D eigenvalue weighted by Crippen LogP contribution is -2.13. The van der Waals surface area contributed by atoms with Crippen LogP contribution >= 0.6 is 0 Å². The molecule has 1 amide bonds. The van der Waals surface area contributed by atoms with Crippen LogP contribution in [0.2, 0.25) is 0 Å². The Morgan fingerprint density at radius 1 is 1.33 bits per heavy atom. The molecule has 4 rings (SSSR count). The predicted molar refractivity (Wildman–Crippen MR) is 103 cm³/mol. The molecule has 7 nitrogen and oxygen atoms in total. The maximum absolute atomic E-state index is 12.8. The van der Waals surface area contributed by atoms with Gasteiger partial charge in [0.2, 0.25) is 0 Å². The Labute approximate surface area is 157 Å². The van der Waals surface area contributed by atoms with Crippen LogP contribution in [-0.2, 0) is 13.0 Å². The molecule has 0 saturated carbocycles. The molecule has 27 heavy (non-hydrogen) atoms. The minimum atomic E-state index is -0.227. The number of fused-ring (bicyclic) bond motifs is 2. The highest BCUT2D eigenvalue weighted by Gasteiger charge is 2.23. The first-order valence-corrected chi connectivity index (χ1v) is 9.20. The van der Waals surface area contributed by atoms with Crippen LogP contribution in [0.25, 0.3) is 11.0 Å². The van der Waals surface area contributed by atoms with Crippen LogP contribution < -0.4 is 14.8 Å². The molecule has 1 N–H and O–H groups in total. The van der Waals surface area contributed by atoms with E-state index in [1.807, 2.05) is 39.0 Å². The Balaban J connectivity index is 1.63. The first-order valence-electron chi connectivity index (χ1n) is 9.20. The molecule has 2 heterocycles. The van der Waals surface area contributed by atoms with E-state index in [1.165, 1.54) is 0 Å². The molecule has 1 aromatic heterocycles. The zero-order chi connectivity index (χ0) is 19.0. The predicted octanol–water partition coefficient (Wildman–Crippen LogP) is 3.43. The maximum Gasteiger partial charge on any atom is 0.255 e. The zero-order valence-electron chi connectivity index (χ0n) is 15.7. The van der Waals surface area contributed by atoms with Crippen molar-refractivity contribution in [3.05, 3.63) is 41.5 Å². The second-order valence-corrected chi connectivity index (χ2v) is 6.58. The number of carbonyl (C=O) groups excluding carboxylic acids is 1. The summed E-state index contributed by atoms with van der Waals surface area (Å²) >= 11 is 0. The van der Waals surface area contributed by atoms with Gasteiger partial charge in [-0.1, -0.05) is 5.21 Å². The molecule has 140 valence electrons. The van der Waals surface area contributed by atoms with Gasteiger partial charge in [0.25, 0.3) is 5.91 Å². The number of aryl methyl sites for hydroxylation is 1. The fourth-order valence-corrected chi connectivity index (χ4v) is 3.35. The van der Waals surface area contributed by atoms with E-state index in [1.54, 1.807) is 16.8 Å². The van der Waals surface area contributed by atoms with E-state index in [0.29, 0.717) is 29.1 Å². The standard InChI is InChI=1S/C20H22N4O3/c1-4-24-17-7-6-13(9-15(17)22-23-24)20(25)21-16-11-18-14(8-12(3)27-18)10-19(16)26-5-2/h6-7,9-12H,4-5,8H2,1-3H3,(H,21,25). The van der Waals surface area contributed by atoms with Gasteiger partial charge in [0.05, 0.1) is 17.8 Å². The average Bonchev–Trinajstić information content (AvgIpc) is 3.23. The Bertz CT molecular complexity index is 1010. The highest BCUT2D eigenvalue weighted by molar-refractivity contribution is 6.06. The van der Waals surface area contributed by atoms with Gasteiger partial charge in [-0.3, -0.25) is 4.79 Å². The van der Waals surface area contributed by atoms with E-state index in [9.17, 15) is 4.79 Å². The van der Waals surface area contributed by atoms with Crippen LogP contribution in [-0.4, -0.2) is 33.6 Å². The molecule has 1 aliphatic rings. The van der Waals surface area contributed by atoms with Crippen molar-refractivity contribution in [2.45, 2.75) is 39.8 Å². The number of carbonyl (C=O) groups is 1.